The molecule has 2 aliphatic carbocycles. The Labute approximate surface area is 348 Å². The lowest BCUT2D eigenvalue weighted by Crippen LogP contribution is -2.48. The minimum Gasteiger partial charge on any atom is -0.369 e. The molecule has 2 unspecified atom stereocenters. The molecule has 2 saturated carbocycles. The van der Waals surface area contributed by atoms with Gasteiger partial charge in [-0.25, -0.2) is 8.78 Å². The summed E-state index contributed by atoms with van der Waals surface area (Å²) in [6.07, 6.45) is 4.01. The minimum atomic E-state index is -4.54. The van der Waals surface area contributed by atoms with Gasteiger partial charge in [-0.2, -0.15) is 23.7 Å². The van der Waals surface area contributed by atoms with Crippen molar-refractivity contribution in [3.05, 3.63) is 58.6 Å². The Balaban J connectivity index is 0.852. The smallest absolute Gasteiger partial charge is 0.369 e. The highest BCUT2D eigenvalue weighted by molar-refractivity contribution is 6.30. The summed E-state index contributed by atoms with van der Waals surface area (Å²) in [4.78, 5) is 35.0. The van der Waals surface area contributed by atoms with Crippen molar-refractivity contribution in [1.82, 2.24) is 20.4 Å². The summed E-state index contributed by atoms with van der Waals surface area (Å²) < 4.78 is 67.8. The van der Waals surface area contributed by atoms with E-state index < -0.39 is 41.2 Å². The van der Waals surface area contributed by atoms with Crippen LogP contribution in [0.2, 0.25) is 5.02 Å². The standard InChI is InChI=1S/C43H54ClF5N8O2/c44-32-24-33(45)26-36(25-32)56-19-15-54(16-20-56)13-11-29-1-6-34(7-2-29)52-41(58)37(27-50)38(28-51)42(59)53-35-8-3-30(4-9-35)12-14-55-17-21-57(22-18-55)40-23-31(43(47,48)49)5-10-39(40)46/h5,10,23-26,29-30,34-35,37-38H,1-4,6-9,11-22H2,(H,52,58)(H,53,59). The number of halogens is 6. The van der Waals surface area contributed by atoms with E-state index in [9.17, 15) is 42.1 Å². The Bertz CT molecular complexity index is 1800. The molecule has 2 N–H and O–H groups in total. The molecule has 320 valence electrons. The van der Waals surface area contributed by atoms with Crippen molar-refractivity contribution >= 4 is 34.8 Å². The van der Waals surface area contributed by atoms with Crippen molar-refractivity contribution in [3.63, 3.8) is 0 Å². The zero-order valence-corrected chi connectivity index (χ0v) is 34.1. The van der Waals surface area contributed by atoms with E-state index in [4.69, 9.17) is 11.6 Å². The lowest BCUT2D eigenvalue weighted by atomic mass is 9.83. The average Bonchev–Trinajstić information content (AvgIpc) is 3.22. The van der Waals surface area contributed by atoms with Gasteiger partial charge >= 0.3 is 6.18 Å². The highest BCUT2D eigenvalue weighted by Gasteiger charge is 2.37. The van der Waals surface area contributed by atoms with Crippen molar-refractivity contribution in [2.75, 3.05) is 75.2 Å². The molecule has 2 atom stereocenters. The van der Waals surface area contributed by atoms with Gasteiger partial charge in [0, 0.05) is 75.2 Å². The first-order valence-electron chi connectivity index (χ1n) is 21.0. The number of nitrogens with zero attached hydrogens (tertiary/aromatic N) is 6. The largest absolute Gasteiger partial charge is 0.416 e. The third-order valence-electron chi connectivity index (χ3n) is 12.8. The van der Waals surface area contributed by atoms with Crippen LogP contribution < -0.4 is 20.4 Å². The molecule has 16 heteroatoms. The van der Waals surface area contributed by atoms with E-state index >= 15 is 0 Å². The van der Waals surface area contributed by atoms with Gasteiger partial charge in [-0.1, -0.05) is 11.6 Å². The van der Waals surface area contributed by atoms with Crippen LogP contribution in [0.3, 0.4) is 0 Å². The Morgan fingerprint density at radius 1 is 0.695 bits per heavy atom. The molecule has 2 aromatic carbocycles. The van der Waals surface area contributed by atoms with E-state index in [1.54, 1.807) is 11.0 Å². The Kier molecular flexibility index (Phi) is 15.3. The summed E-state index contributed by atoms with van der Waals surface area (Å²) in [5.74, 6) is -4.08. The van der Waals surface area contributed by atoms with Crippen LogP contribution in [0.1, 0.15) is 69.8 Å². The third kappa shape index (κ3) is 12.2. The number of hydrogen-bond acceptors (Lipinski definition) is 8. The quantitative estimate of drug-likeness (QED) is 0.207. The highest BCUT2D eigenvalue weighted by atomic mass is 35.5. The van der Waals surface area contributed by atoms with Gasteiger partial charge in [-0.15, -0.1) is 0 Å². The highest BCUT2D eigenvalue weighted by Crippen LogP contribution is 2.34. The van der Waals surface area contributed by atoms with Crippen LogP contribution in [0, 0.1) is 58.0 Å². The molecule has 0 aromatic heterocycles. The summed E-state index contributed by atoms with van der Waals surface area (Å²) in [5, 5.41) is 26.1. The van der Waals surface area contributed by atoms with E-state index in [2.05, 4.69) is 25.3 Å². The number of benzene rings is 2. The predicted octanol–water partition coefficient (Wildman–Crippen LogP) is 6.99. The summed E-state index contributed by atoms with van der Waals surface area (Å²) >= 11 is 6.05. The average molecular weight is 845 g/mol. The second-order valence-electron chi connectivity index (χ2n) is 16.7. The summed E-state index contributed by atoms with van der Waals surface area (Å²) in [7, 11) is 0. The van der Waals surface area contributed by atoms with Crippen molar-refractivity contribution < 1.29 is 31.5 Å². The Morgan fingerprint density at radius 2 is 1.17 bits per heavy atom. The lowest BCUT2D eigenvalue weighted by Gasteiger charge is -2.37. The van der Waals surface area contributed by atoms with Gasteiger partial charge in [0.2, 0.25) is 11.8 Å². The first-order valence-corrected chi connectivity index (χ1v) is 21.3. The van der Waals surface area contributed by atoms with Gasteiger partial charge in [-0.3, -0.25) is 19.4 Å². The molecule has 59 heavy (non-hydrogen) atoms. The predicted molar refractivity (Wildman–Crippen MR) is 215 cm³/mol. The number of carbonyl (C=O) groups excluding carboxylic acids is 2. The normalized spacial score (nSPS) is 24.4. The topological polar surface area (TPSA) is 119 Å². The van der Waals surface area contributed by atoms with Crippen molar-refractivity contribution in [3.8, 4) is 12.1 Å². The number of hydrogen-bond donors (Lipinski definition) is 2. The zero-order chi connectivity index (χ0) is 42.1. The van der Waals surface area contributed by atoms with Crippen molar-refractivity contribution in [2.45, 2.75) is 82.5 Å². The Hall–Kier alpha value is -4.18. The molecule has 6 rings (SSSR count). The van der Waals surface area contributed by atoms with Crippen LogP contribution in [-0.4, -0.2) is 99.1 Å². The molecular weight excluding hydrogens is 791 g/mol. The molecule has 0 spiro atoms. The van der Waals surface area contributed by atoms with Crippen LogP contribution in [0.25, 0.3) is 0 Å². The van der Waals surface area contributed by atoms with Gasteiger partial charge in [-0.05, 0) is 126 Å². The van der Waals surface area contributed by atoms with E-state index in [0.717, 1.165) is 115 Å². The molecule has 2 heterocycles. The van der Waals surface area contributed by atoms with Crippen LogP contribution in [0.15, 0.2) is 36.4 Å². The molecule has 0 bridgehead atoms. The summed E-state index contributed by atoms with van der Waals surface area (Å²) in [5.41, 5.74) is -0.0841. The maximum Gasteiger partial charge on any atom is 0.416 e. The number of nitriles is 2. The third-order valence-corrected chi connectivity index (χ3v) is 13.1. The van der Waals surface area contributed by atoms with E-state index in [0.29, 0.717) is 55.9 Å². The molecule has 0 radical (unpaired) electrons. The van der Waals surface area contributed by atoms with Gasteiger partial charge < -0.3 is 20.4 Å². The SMILES string of the molecule is N#CC(C(=O)NC1CCC(CCN2CCN(c3cc(F)cc(Cl)c3)CC2)CC1)C(C#N)C(=O)NC1CCC(CCN2CCN(c3cc(C(F)(F)F)ccc3F)CC2)CC1. The molecule has 10 nitrogen and oxygen atoms in total. The van der Waals surface area contributed by atoms with Crippen molar-refractivity contribution in [2.24, 2.45) is 23.7 Å². The molecular formula is C43H54ClF5N8O2. The molecule has 4 fully saturated rings. The number of alkyl halides is 3. The fourth-order valence-electron chi connectivity index (χ4n) is 9.17. The van der Waals surface area contributed by atoms with Gasteiger partial charge in [0.15, 0.2) is 0 Å². The van der Waals surface area contributed by atoms with Crippen LogP contribution in [-0.2, 0) is 15.8 Å². The fraction of sp³-hybridized carbons (Fsp3) is 0.628. The summed E-state index contributed by atoms with van der Waals surface area (Å²) in [6, 6.07) is 10.7. The summed E-state index contributed by atoms with van der Waals surface area (Å²) in [6.45, 7) is 7.24. The van der Waals surface area contributed by atoms with Crippen LogP contribution in [0.4, 0.5) is 33.3 Å². The molecule has 2 saturated heterocycles. The van der Waals surface area contributed by atoms with E-state index in [-0.39, 0.29) is 23.6 Å². The van der Waals surface area contributed by atoms with Crippen LogP contribution >= 0.6 is 11.6 Å². The fourth-order valence-corrected chi connectivity index (χ4v) is 9.38. The zero-order valence-electron chi connectivity index (χ0n) is 33.3. The monoisotopic (exact) mass is 844 g/mol. The molecule has 2 amide bonds. The first kappa shape index (κ1) is 44.4. The number of nitrogens with one attached hydrogen (secondary N) is 2. The second kappa shape index (κ2) is 20.4. The first-order chi connectivity index (χ1) is 28.3. The van der Waals surface area contributed by atoms with Gasteiger partial charge in [0.05, 0.1) is 23.4 Å². The van der Waals surface area contributed by atoms with E-state index in [1.807, 2.05) is 12.1 Å². The molecule has 4 aliphatic rings. The second-order valence-corrected chi connectivity index (χ2v) is 17.1. The minimum absolute atomic E-state index is 0.0237. The van der Waals surface area contributed by atoms with Crippen molar-refractivity contribution in [1.29, 1.82) is 10.5 Å². The lowest BCUT2D eigenvalue weighted by molar-refractivity contribution is -0.137. The number of amides is 2. The van der Waals surface area contributed by atoms with Crippen LogP contribution in [0.5, 0.6) is 0 Å². The molecule has 2 aromatic rings. The van der Waals surface area contributed by atoms with Gasteiger partial charge in [0.1, 0.15) is 23.5 Å². The van der Waals surface area contributed by atoms with Gasteiger partial charge in [0.25, 0.3) is 0 Å². The maximum atomic E-state index is 14.4. The maximum absolute atomic E-state index is 14.4. The number of anilines is 2. The number of carbonyl (C=O) groups is 2. The Morgan fingerprint density at radius 3 is 1.61 bits per heavy atom. The number of piperazine rings is 2. The number of rotatable bonds is 13. The van der Waals surface area contributed by atoms with E-state index in [1.165, 1.54) is 12.1 Å². The molecule has 2 aliphatic heterocycles.